The number of rotatable bonds is 13. The van der Waals surface area contributed by atoms with Gasteiger partial charge in [-0.3, -0.25) is 13.9 Å². The van der Waals surface area contributed by atoms with E-state index in [4.69, 9.17) is 0 Å². The molecule has 2 atom stereocenters. The second-order valence-electron chi connectivity index (χ2n) is 12.1. The van der Waals surface area contributed by atoms with Crippen LogP contribution in [0.2, 0.25) is 0 Å². The van der Waals surface area contributed by atoms with Gasteiger partial charge in [0.25, 0.3) is 10.0 Å². The van der Waals surface area contributed by atoms with Crippen LogP contribution in [-0.4, -0.2) is 43.8 Å². The Balaban J connectivity index is 1.83. The summed E-state index contributed by atoms with van der Waals surface area (Å²) >= 11 is 0. The smallest absolute Gasteiger partial charge is 0.264 e. The zero-order valence-electron chi connectivity index (χ0n) is 27.7. The first-order chi connectivity index (χ1) is 21.9. The van der Waals surface area contributed by atoms with Crippen LogP contribution in [0.1, 0.15) is 53.6 Å². The quantitative estimate of drug-likeness (QED) is 0.177. The van der Waals surface area contributed by atoms with Crippen LogP contribution in [0, 0.1) is 27.7 Å². The van der Waals surface area contributed by atoms with Crippen LogP contribution in [0.3, 0.4) is 0 Å². The molecule has 242 valence electrons. The summed E-state index contributed by atoms with van der Waals surface area (Å²) in [5, 5.41) is 3.08. The zero-order valence-corrected chi connectivity index (χ0v) is 28.5. The number of benzene rings is 4. The largest absolute Gasteiger partial charge is 0.352 e. The number of nitrogens with zero attached hydrogens (tertiary/aromatic N) is 2. The van der Waals surface area contributed by atoms with Gasteiger partial charge in [0.2, 0.25) is 11.8 Å². The fraction of sp³-hybridized carbons (Fsp3) is 0.316. The van der Waals surface area contributed by atoms with E-state index in [1.807, 2.05) is 102 Å². The number of carbonyl (C=O) groups is 2. The Kier molecular flexibility index (Phi) is 11.4. The van der Waals surface area contributed by atoms with Crippen molar-refractivity contribution >= 4 is 27.5 Å². The first-order valence-corrected chi connectivity index (χ1v) is 17.2. The molecule has 0 saturated heterocycles. The van der Waals surface area contributed by atoms with E-state index in [0.717, 1.165) is 39.8 Å². The van der Waals surface area contributed by atoms with Gasteiger partial charge in [0.1, 0.15) is 12.6 Å². The summed E-state index contributed by atoms with van der Waals surface area (Å²) in [5.74, 6) is -0.754. The number of hydrogen-bond acceptors (Lipinski definition) is 4. The van der Waals surface area contributed by atoms with Gasteiger partial charge < -0.3 is 10.2 Å². The predicted molar refractivity (Wildman–Crippen MR) is 185 cm³/mol. The van der Waals surface area contributed by atoms with Crippen molar-refractivity contribution in [2.24, 2.45) is 0 Å². The standard InChI is InChI=1S/C38H45N3O4S/c1-7-30(5)39-38(43)36(24-32-13-9-8-10-14-32)40(25-33-20-16-27(2)17-21-33)37(42)26-41(35-15-11-12-29(4)31(35)6)46(44,45)34-22-18-28(3)19-23-34/h8-23,30,36H,7,24-26H2,1-6H3,(H,39,43)/t30-,36+/m1/s1. The molecule has 4 aromatic carbocycles. The first kappa shape index (κ1) is 34.4. The Bertz CT molecular complexity index is 1740. The van der Waals surface area contributed by atoms with Gasteiger partial charge in [0, 0.05) is 19.0 Å². The van der Waals surface area contributed by atoms with Crippen LogP contribution in [-0.2, 0) is 32.6 Å². The minimum Gasteiger partial charge on any atom is -0.352 e. The number of anilines is 1. The molecule has 0 radical (unpaired) electrons. The lowest BCUT2D eigenvalue weighted by Gasteiger charge is -2.34. The third-order valence-electron chi connectivity index (χ3n) is 8.48. The molecule has 4 aromatic rings. The number of aryl methyl sites for hydroxylation is 3. The molecule has 0 aliphatic rings. The van der Waals surface area contributed by atoms with Crippen LogP contribution in [0.25, 0.3) is 0 Å². The summed E-state index contributed by atoms with van der Waals surface area (Å²) in [6.45, 7) is 11.2. The molecule has 2 amide bonds. The van der Waals surface area contributed by atoms with Crippen LogP contribution in [0.5, 0.6) is 0 Å². The minimum atomic E-state index is -4.16. The van der Waals surface area contributed by atoms with Gasteiger partial charge in [-0.25, -0.2) is 8.42 Å². The highest BCUT2D eigenvalue weighted by Gasteiger charge is 2.35. The molecule has 0 aromatic heterocycles. The molecule has 8 heteroatoms. The Hall–Kier alpha value is -4.43. The summed E-state index contributed by atoms with van der Waals surface area (Å²) in [6, 6.07) is 28.5. The molecule has 0 bridgehead atoms. The lowest BCUT2D eigenvalue weighted by molar-refractivity contribution is -0.140. The third-order valence-corrected chi connectivity index (χ3v) is 10.3. The Morgan fingerprint density at radius 1 is 0.761 bits per heavy atom. The molecule has 0 unspecified atom stereocenters. The maximum atomic E-state index is 14.7. The number of nitrogens with one attached hydrogen (secondary N) is 1. The Labute approximate surface area is 274 Å². The Morgan fingerprint density at radius 3 is 1.98 bits per heavy atom. The lowest BCUT2D eigenvalue weighted by atomic mass is 10.0. The monoisotopic (exact) mass is 639 g/mol. The summed E-state index contributed by atoms with van der Waals surface area (Å²) in [4.78, 5) is 30.3. The second kappa shape index (κ2) is 15.2. The molecule has 0 aliphatic heterocycles. The number of hydrogen-bond donors (Lipinski definition) is 1. The van der Waals surface area contributed by atoms with Gasteiger partial charge in [0.15, 0.2) is 0 Å². The average Bonchev–Trinajstić information content (AvgIpc) is 3.04. The summed E-state index contributed by atoms with van der Waals surface area (Å²) in [7, 11) is -4.16. The molecule has 0 heterocycles. The van der Waals surface area contributed by atoms with Crippen LogP contribution in [0.4, 0.5) is 5.69 Å². The Morgan fingerprint density at radius 2 is 1.37 bits per heavy atom. The van der Waals surface area contributed by atoms with Crippen molar-refractivity contribution in [2.75, 3.05) is 10.8 Å². The minimum absolute atomic E-state index is 0.0900. The zero-order chi connectivity index (χ0) is 33.4. The molecular weight excluding hydrogens is 595 g/mol. The molecule has 0 aliphatic carbocycles. The van der Waals surface area contributed by atoms with Gasteiger partial charge in [-0.1, -0.05) is 96.9 Å². The third kappa shape index (κ3) is 8.43. The van der Waals surface area contributed by atoms with Gasteiger partial charge in [-0.15, -0.1) is 0 Å². The van der Waals surface area contributed by atoms with Crippen molar-refractivity contribution in [1.29, 1.82) is 0 Å². The van der Waals surface area contributed by atoms with Gasteiger partial charge in [0.05, 0.1) is 10.6 Å². The highest BCUT2D eigenvalue weighted by Crippen LogP contribution is 2.29. The average molecular weight is 640 g/mol. The SMILES string of the molecule is CC[C@@H](C)NC(=O)[C@H](Cc1ccccc1)N(Cc1ccc(C)cc1)C(=O)CN(c1cccc(C)c1C)S(=O)(=O)c1ccc(C)cc1. The molecule has 1 N–H and O–H groups in total. The van der Waals surface area contributed by atoms with E-state index in [0.29, 0.717) is 5.69 Å². The summed E-state index contributed by atoms with van der Waals surface area (Å²) in [6.07, 6.45) is 1.000. The maximum absolute atomic E-state index is 14.7. The van der Waals surface area contributed by atoms with E-state index < -0.39 is 28.5 Å². The van der Waals surface area contributed by atoms with Crippen LogP contribution in [0.15, 0.2) is 102 Å². The molecule has 0 saturated carbocycles. The molecular formula is C38H45N3O4S. The first-order valence-electron chi connectivity index (χ1n) is 15.8. The van der Waals surface area contributed by atoms with E-state index in [1.165, 1.54) is 9.21 Å². The van der Waals surface area contributed by atoms with Gasteiger partial charge in [-0.2, -0.15) is 0 Å². The van der Waals surface area contributed by atoms with Crippen molar-refractivity contribution in [2.45, 2.75) is 77.9 Å². The predicted octanol–water partition coefficient (Wildman–Crippen LogP) is 6.67. The van der Waals surface area contributed by atoms with Crippen molar-refractivity contribution in [1.82, 2.24) is 10.2 Å². The maximum Gasteiger partial charge on any atom is 0.264 e. The molecule has 4 rings (SSSR count). The fourth-order valence-corrected chi connectivity index (χ4v) is 6.71. The normalized spacial score (nSPS) is 12.7. The highest BCUT2D eigenvalue weighted by atomic mass is 32.2. The molecule has 46 heavy (non-hydrogen) atoms. The van der Waals surface area contributed by atoms with E-state index >= 15 is 0 Å². The highest BCUT2D eigenvalue weighted by molar-refractivity contribution is 7.92. The number of amides is 2. The lowest BCUT2D eigenvalue weighted by Crippen LogP contribution is -2.54. The second-order valence-corrected chi connectivity index (χ2v) is 13.9. The van der Waals surface area contributed by atoms with E-state index in [9.17, 15) is 18.0 Å². The van der Waals surface area contributed by atoms with Crippen molar-refractivity contribution in [3.63, 3.8) is 0 Å². The summed E-state index contributed by atoms with van der Waals surface area (Å²) < 4.78 is 29.8. The number of carbonyl (C=O) groups excluding carboxylic acids is 2. The van der Waals surface area contributed by atoms with Gasteiger partial charge in [-0.05, 0) is 81.5 Å². The van der Waals surface area contributed by atoms with Crippen LogP contribution < -0.4 is 9.62 Å². The molecule has 0 fully saturated rings. The topological polar surface area (TPSA) is 86.8 Å². The van der Waals surface area contributed by atoms with Crippen molar-refractivity contribution in [3.05, 3.63) is 130 Å². The van der Waals surface area contributed by atoms with E-state index in [2.05, 4.69) is 5.32 Å². The fourth-order valence-electron chi connectivity index (χ4n) is 5.24. The van der Waals surface area contributed by atoms with E-state index in [-0.39, 0.29) is 29.8 Å². The van der Waals surface area contributed by atoms with Crippen molar-refractivity contribution < 1.29 is 18.0 Å². The number of sulfonamides is 1. The molecule has 7 nitrogen and oxygen atoms in total. The molecule has 0 spiro atoms. The van der Waals surface area contributed by atoms with Gasteiger partial charge >= 0.3 is 0 Å². The van der Waals surface area contributed by atoms with Crippen LogP contribution >= 0.6 is 0 Å². The van der Waals surface area contributed by atoms with E-state index in [1.54, 1.807) is 36.4 Å². The van der Waals surface area contributed by atoms with Crippen molar-refractivity contribution in [3.8, 4) is 0 Å². The summed E-state index contributed by atoms with van der Waals surface area (Å²) in [5.41, 5.74) is 5.82.